The number of nitrogens with zero attached hydrogens (tertiary/aromatic N) is 3. The Labute approximate surface area is 105 Å². The number of ether oxygens (including phenoxy) is 1. The first kappa shape index (κ1) is 12.8. The minimum atomic E-state index is -0.395. The SMILES string of the molecule is COC[C@H]1CCCN1C(=O)Cn1cccnc1=O. The number of carbonyl (C=O) groups excluding carboxylic acids is 1. The molecule has 0 bridgehead atoms. The van der Waals surface area contributed by atoms with Crippen molar-refractivity contribution in [3.05, 3.63) is 28.9 Å². The molecule has 0 aromatic carbocycles. The summed E-state index contributed by atoms with van der Waals surface area (Å²) in [6.07, 6.45) is 4.95. The zero-order valence-corrected chi connectivity index (χ0v) is 10.4. The maximum absolute atomic E-state index is 12.1. The van der Waals surface area contributed by atoms with Gasteiger partial charge in [0, 0.05) is 26.0 Å². The quantitative estimate of drug-likeness (QED) is 0.748. The highest BCUT2D eigenvalue weighted by atomic mass is 16.5. The van der Waals surface area contributed by atoms with Crippen LogP contribution in [-0.4, -0.2) is 46.7 Å². The van der Waals surface area contributed by atoms with Crippen LogP contribution in [0.1, 0.15) is 12.8 Å². The van der Waals surface area contributed by atoms with Gasteiger partial charge in [-0.2, -0.15) is 0 Å². The maximum atomic E-state index is 12.1. The molecular formula is C12H17N3O3. The summed E-state index contributed by atoms with van der Waals surface area (Å²) in [5.41, 5.74) is -0.395. The van der Waals surface area contributed by atoms with Crippen LogP contribution in [0.4, 0.5) is 0 Å². The second kappa shape index (κ2) is 5.77. The van der Waals surface area contributed by atoms with Gasteiger partial charge in [0.05, 0.1) is 12.6 Å². The van der Waals surface area contributed by atoms with Gasteiger partial charge in [-0.25, -0.2) is 9.78 Å². The molecule has 1 amide bonds. The van der Waals surface area contributed by atoms with E-state index in [1.54, 1.807) is 24.3 Å². The van der Waals surface area contributed by atoms with E-state index in [9.17, 15) is 9.59 Å². The molecule has 1 aliphatic rings. The summed E-state index contributed by atoms with van der Waals surface area (Å²) >= 11 is 0. The predicted octanol–water partition coefficient (Wildman–Crippen LogP) is -0.119. The van der Waals surface area contributed by atoms with Crippen LogP contribution in [0.15, 0.2) is 23.3 Å². The van der Waals surface area contributed by atoms with Crippen molar-refractivity contribution >= 4 is 5.91 Å². The summed E-state index contributed by atoms with van der Waals surface area (Å²) in [5.74, 6) is -0.0512. The highest BCUT2D eigenvalue weighted by Crippen LogP contribution is 2.17. The highest BCUT2D eigenvalue weighted by Gasteiger charge is 2.28. The second-order valence-electron chi connectivity index (χ2n) is 4.37. The average molecular weight is 251 g/mol. The molecule has 18 heavy (non-hydrogen) atoms. The number of carbonyl (C=O) groups is 1. The van der Waals surface area contributed by atoms with Gasteiger partial charge in [-0.15, -0.1) is 0 Å². The number of hydrogen-bond donors (Lipinski definition) is 0. The van der Waals surface area contributed by atoms with E-state index in [-0.39, 0.29) is 18.5 Å². The summed E-state index contributed by atoms with van der Waals surface area (Å²) in [7, 11) is 1.63. The van der Waals surface area contributed by atoms with Crippen molar-refractivity contribution in [2.75, 3.05) is 20.3 Å². The molecule has 1 aromatic rings. The summed E-state index contributed by atoms with van der Waals surface area (Å²) in [6, 6.07) is 1.78. The van der Waals surface area contributed by atoms with Crippen molar-refractivity contribution in [1.82, 2.24) is 14.5 Å². The topological polar surface area (TPSA) is 64.4 Å². The number of amides is 1. The van der Waals surface area contributed by atoms with Crippen molar-refractivity contribution in [1.29, 1.82) is 0 Å². The molecule has 0 N–H and O–H groups in total. The van der Waals surface area contributed by atoms with Crippen LogP contribution in [-0.2, 0) is 16.1 Å². The molecule has 0 radical (unpaired) electrons. The van der Waals surface area contributed by atoms with Crippen molar-refractivity contribution < 1.29 is 9.53 Å². The third-order valence-corrected chi connectivity index (χ3v) is 3.14. The third-order valence-electron chi connectivity index (χ3n) is 3.14. The van der Waals surface area contributed by atoms with E-state index in [0.29, 0.717) is 6.61 Å². The lowest BCUT2D eigenvalue weighted by Crippen LogP contribution is -2.41. The summed E-state index contributed by atoms with van der Waals surface area (Å²) in [6.45, 7) is 1.34. The molecule has 1 aliphatic heterocycles. The Morgan fingerprint density at radius 3 is 3.17 bits per heavy atom. The van der Waals surface area contributed by atoms with Crippen LogP contribution in [0, 0.1) is 0 Å². The number of likely N-dealkylation sites (tertiary alicyclic amines) is 1. The Hall–Kier alpha value is -1.69. The first-order chi connectivity index (χ1) is 8.72. The molecule has 2 rings (SSSR count). The van der Waals surface area contributed by atoms with Gasteiger partial charge in [0.15, 0.2) is 0 Å². The first-order valence-electron chi connectivity index (χ1n) is 6.02. The Bertz CT molecular complexity index is 472. The van der Waals surface area contributed by atoms with E-state index in [1.165, 1.54) is 10.8 Å². The smallest absolute Gasteiger partial charge is 0.347 e. The van der Waals surface area contributed by atoms with Crippen LogP contribution >= 0.6 is 0 Å². The number of hydrogen-bond acceptors (Lipinski definition) is 4. The van der Waals surface area contributed by atoms with Crippen LogP contribution in [0.25, 0.3) is 0 Å². The normalized spacial score (nSPS) is 19.2. The van der Waals surface area contributed by atoms with Crippen molar-refractivity contribution in [3.8, 4) is 0 Å². The molecule has 0 aliphatic carbocycles. The molecule has 1 fully saturated rings. The van der Waals surface area contributed by atoms with Gasteiger partial charge in [-0.3, -0.25) is 9.36 Å². The predicted molar refractivity (Wildman–Crippen MR) is 65.1 cm³/mol. The summed E-state index contributed by atoms with van der Waals surface area (Å²) in [5, 5.41) is 0. The average Bonchev–Trinajstić information content (AvgIpc) is 2.81. The van der Waals surface area contributed by atoms with E-state index in [2.05, 4.69) is 4.98 Å². The lowest BCUT2D eigenvalue weighted by atomic mass is 10.2. The zero-order chi connectivity index (χ0) is 13.0. The van der Waals surface area contributed by atoms with Crippen molar-refractivity contribution in [2.24, 2.45) is 0 Å². The van der Waals surface area contributed by atoms with Gasteiger partial charge in [0.25, 0.3) is 0 Å². The maximum Gasteiger partial charge on any atom is 0.347 e. The Balaban J connectivity index is 2.04. The van der Waals surface area contributed by atoms with E-state index in [1.807, 2.05) is 0 Å². The molecule has 98 valence electrons. The van der Waals surface area contributed by atoms with E-state index >= 15 is 0 Å². The molecule has 0 unspecified atom stereocenters. The second-order valence-corrected chi connectivity index (χ2v) is 4.37. The molecule has 1 saturated heterocycles. The lowest BCUT2D eigenvalue weighted by Gasteiger charge is -2.24. The molecule has 6 nitrogen and oxygen atoms in total. The molecule has 0 spiro atoms. The van der Waals surface area contributed by atoms with E-state index < -0.39 is 5.69 Å². The molecule has 6 heteroatoms. The molecule has 0 saturated carbocycles. The standard InChI is InChI=1S/C12H17N3O3/c1-18-9-10-4-2-7-15(10)11(16)8-14-6-3-5-13-12(14)17/h3,5-6,10H,2,4,7-9H2,1H3/t10-/m1/s1. The number of rotatable bonds is 4. The molecule has 1 aromatic heterocycles. The third kappa shape index (κ3) is 2.76. The largest absolute Gasteiger partial charge is 0.383 e. The van der Waals surface area contributed by atoms with Crippen molar-refractivity contribution in [3.63, 3.8) is 0 Å². The fourth-order valence-electron chi connectivity index (χ4n) is 2.27. The zero-order valence-electron chi connectivity index (χ0n) is 10.4. The van der Waals surface area contributed by atoms with E-state index in [0.717, 1.165) is 19.4 Å². The number of methoxy groups -OCH3 is 1. The molecule has 1 atom stereocenters. The van der Waals surface area contributed by atoms with Gasteiger partial charge in [-0.1, -0.05) is 0 Å². The van der Waals surface area contributed by atoms with Gasteiger partial charge >= 0.3 is 5.69 Å². The minimum absolute atomic E-state index is 0.0485. The first-order valence-corrected chi connectivity index (χ1v) is 6.02. The fraction of sp³-hybridized carbons (Fsp3) is 0.583. The van der Waals surface area contributed by atoms with Gasteiger partial charge in [-0.05, 0) is 18.9 Å². The summed E-state index contributed by atoms with van der Waals surface area (Å²) < 4.78 is 6.43. The number of aromatic nitrogens is 2. The Kier molecular flexibility index (Phi) is 4.09. The lowest BCUT2D eigenvalue weighted by molar-refractivity contribution is -0.133. The highest BCUT2D eigenvalue weighted by molar-refractivity contribution is 5.76. The van der Waals surface area contributed by atoms with E-state index in [4.69, 9.17) is 4.74 Å². The van der Waals surface area contributed by atoms with Crippen molar-refractivity contribution in [2.45, 2.75) is 25.4 Å². The summed E-state index contributed by atoms with van der Waals surface area (Å²) in [4.78, 5) is 29.0. The Morgan fingerprint density at radius 2 is 2.44 bits per heavy atom. The van der Waals surface area contributed by atoms with Crippen LogP contribution in [0.3, 0.4) is 0 Å². The van der Waals surface area contributed by atoms with Crippen LogP contribution in [0.2, 0.25) is 0 Å². The molecular weight excluding hydrogens is 234 g/mol. The van der Waals surface area contributed by atoms with Crippen LogP contribution < -0.4 is 5.69 Å². The Morgan fingerprint density at radius 1 is 1.61 bits per heavy atom. The van der Waals surface area contributed by atoms with Crippen LogP contribution in [0.5, 0.6) is 0 Å². The fourth-order valence-corrected chi connectivity index (χ4v) is 2.27. The van der Waals surface area contributed by atoms with Gasteiger partial charge in [0.2, 0.25) is 5.91 Å². The minimum Gasteiger partial charge on any atom is -0.383 e. The van der Waals surface area contributed by atoms with Gasteiger partial charge < -0.3 is 9.64 Å². The van der Waals surface area contributed by atoms with Gasteiger partial charge in [0.1, 0.15) is 6.54 Å². The molecule has 2 heterocycles. The monoisotopic (exact) mass is 251 g/mol.